The Morgan fingerprint density at radius 1 is 0.881 bits per heavy atom. The molecule has 0 spiro atoms. The summed E-state index contributed by atoms with van der Waals surface area (Å²) in [6.07, 6.45) is 5.66. The summed E-state index contributed by atoms with van der Waals surface area (Å²) >= 11 is 0. The Bertz CT molecular complexity index is 1480. The molecule has 2 saturated heterocycles. The number of amides is 4. The molecule has 0 aromatic carbocycles. The molecule has 2 N–H and O–H groups in total. The Morgan fingerprint density at radius 3 is 2.36 bits per heavy atom. The number of furan rings is 1. The maximum Gasteiger partial charge on any atom is 0.293 e. The largest absolute Gasteiger partial charge is 0.447 e. The number of ether oxygens (including phenoxy) is 2. The molecule has 3 aliphatic rings. The molecule has 6 rings (SSSR count). The second-order valence-corrected chi connectivity index (χ2v) is 10.6. The lowest BCUT2D eigenvalue weighted by atomic mass is 9.84. The first-order valence-electron chi connectivity index (χ1n) is 14.2. The molecule has 3 aromatic heterocycles. The lowest BCUT2D eigenvalue weighted by molar-refractivity contribution is -0.146. The van der Waals surface area contributed by atoms with Crippen molar-refractivity contribution in [3.8, 4) is 0 Å². The standard InChI is InChI=1S/C29H32N6O7/c36-23-17-41-16-13-35(23)20-3-1-18(2-4-20)27(37)33-25-24-22(42-26(25)28(38)31-19-7-9-30-10-8-19)6-5-21(32-24)29(39)34-11-14-40-15-12-34/h5-10,18,20H,1-4,11-17H2,(H,33,37)(H,30,31,38). The highest BCUT2D eigenvalue weighted by Gasteiger charge is 2.34. The van der Waals surface area contributed by atoms with Gasteiger partial charge in [-0.1, -0.05) is 0 Å². The predicted molar refractivity (Wildman–Crippen MR) is 150 cm³/mol. The van der Waals surface area contributed by atoms with Crippen LogP contribution < -0.4 is 10.6 Å². The summed E-state index contributed by atoms with van der Waals surface area (Å²) in [5.41, 5.74) is 1.27. The first-order valence-corrected chi connectivity index (χ1v) is 14.2. The Hall–Kier alpha value is -4.36. The highest BCUT2D eigenvalue weighted by molar-refractivity contribution is 6.14. The van der Waals surface area contributed by atoms with E-state index in [-0.39, 0.29) is 64.5 Å². The third kappa shape index (κ3) is 5.83. The molecule has 0 unspecified atom stereocenters. The third-order valence-electron chi connectivity index (χ3n) is 7.97. The molecular weight excluding hydrogens is 544 g/mol. The number of nitrogens with one attached hydrogen (secondary N) is 2. The minimum atomic E-state index is -0.579. The number of morpholine rings is 2. The number of carbonyl (C=O) groups excluding carboxylic acids is 4. The Morgan fingerprint density at radius 2 is 1.62 bits per heavy atom. The molecule has 42 heavy (non-hydrogen) atoms. The molecule has 0 radical (unpaired) electrons. The summed E-state index contributed by atoms with van der Waals surface area (Å²) in [4.78, 5) is 64.4. The number of nitrogens with zero attached hydrogens (tertiary/aromatic N) is 4. The van der Waals surface area contributed by atoms with Gasteiger partial charge in [0.15, 0.2) is 5.58 Å². The average Bonchev–Trinajstić information content (AvgIpc) is 3.39. The number of carbonyl (C=O) groups is 4. The van der Waals surface area contributed by atoms with Gasteiger partial charge in [-0.05, 0) is 49.9 Å². The maximum absolute atomic E-state index is 13.5. The van der Waals surface area contributed by atoms with Crippen LogP contribution in [0, 0.1) is 5.92 Å². The topological polar surface area (TPSA) is 156 Å². The van der Waals surface area contributed by atoms with Crippen molar-refractivity contribution in [1.82, 2.24) is 19.8 Å². The lowest BCUT2D eigenvalue weighted by Gasteiger charge is -2.38. The monoisotopic (exact) mass is 576 g/mol. The van der Waals surface area contributed by atoms with Crippen molar-refractivity contribution >= 4 is 46.1 Å². The first-order chi connectivity index (χ1) is 20.5. The Balaban J connectivity index is 1.25. The maximum atomic E-state index is 13.5. The molecule has 3 aromatic rings. The van der Waals surface area contributed by atoms with E-state index in [0.29, 0.717) is 70.8 Å². The van der Waals surface area contributed by atoms with Gasteiger partial charge < -0.3 is 34.3 Å². The molecular formula is C29H32N6O7. The van der Waals surface area contributed by atoms with Gasteiger partial charge in [-0.3, -0.25) is 24.2 Å². The van der Waals surface area contributed by atoms with E-state index in [4.69, 9.17) is 13.9 Å². The summed E-state index contributed by atoms with van der Waals surface area (Å²) in [7, 11) is 0. The molecule has 3 fully saturated rings. The molecule has 13 heteroatoms. The van der Waals surface area contributed by atoms with E-state index >= 15 is 0 Å². The number of aromatic nitrogens is 2. The summed E-state index contributed by atoms with van der Waals surface area (Å²) in [5, 5.41) is 5.66. The number of fused-ring (bicyclic) bond motifs is 1. The number of hydrogen-bond donors (Lipinski definition) is 2. The zero-order chi connectivity index (χ0) is 29.1. The Labute approximate surface area is 241 Å². The zero-order valence-corrected chi connectivity index (χ0v) is 23.0. The highest BCUT2D eigenvalue weighted by atomic mass is 16.5. The summed E-state index contributed by atoms with van der Waals surface area (Å²) < 4.78 is 16.5. The van der Waals surface area contributed by atoms with Crippen LogP contribution in [0.2, 0.25) is 0 Å². The van der Waals surface area contributed by atoms with Gasteiger partial charge in [-0.2, -0.15) is 0 Å². The van der Waals surface area contributed by atoms with Crippen LogP contribution in [0.15, 0.2) is 41.1 Å². The van der Waals surface area contributed by atoms with Crippen molar-refractivity contribution in [3.05, 3.63) is 48.1 Å². The highest BCUT2D eigenvalue weighted by Crippen LogP contribution is 2.34. The zero-order valence-electron chi connectivity index (χ0n) is 23.0. The summed E-state index contributed by atoms with van der Waals surface area (Å²) in [5.74, 6) is -1.57. The molecule has 2 aliphatic heterocycles. The van der Waals surface area contributed by atoms with E-state index in [2.05, 4.69) is 20.6 Å². The number of rotatable bonds is 6. The quantitative estimate of drug-likeness (QED) is 0.449. The van der Waals surface area contributed by atoms with Crippen molar-refractivity contribution < 1.29 is 33.1 Å². The SMILES string of the molecule is O=C(Nc1ccncc1)c1oc2ccc(C(=O)N3CCOCC3)nc2c1NC(=O)C1CCC(N2CCOCC2=O)CC1. The van der Waals surface area contributed by atoms with Crippen LogP contribution >= 0.6 is 0 Å². The van der Waals surface area contributed by atoms with Gasteiger partial charge in [0.05, 0.1) is 19.8 Å². The molecule has 4 amide bonds. The first kappa shape index (κ1) is 27.8. The van der Waals surface area contributed by atoms with E-state index in [9.17, 15) is 19.2 Å². The fourth-order valence-corrected chi connectivity index (χ4v) is 5.71. The van der Waals surface area contributed by atoms with E-state index < -0.39 is 5.91 Å². The van der Waals surface area contributed by atoms with Crippen LogP contribution in [-0.4, -0.2) is 95.5 Å². The van der Waals surface area contributed by atoms with Crippen LogP contribution in [0.5, 0.6) is 0 Å². The van der Waals surface area contributed by atoms with E-state index in [0.717, 1.165) is 0 Å². The van der Waals surface area contributed by atoms with Gasteiger partial charge in [0, 0.05) is 49.7 Å². The van der Waals surface area contributed by atoms with E-state index in [1.165, 1.54) is 0 Å². The van der Waals surface area contributed by atoms with E-state index in [1.54, 1.807) is 41.6 Å². The van der Waals surface area contributed by atoms with Crippen LogP contribution in [0.25, 0.3) is 11.1 Å². The van der Waals surface area contributed by atoms with Crippen molar-refractivity contribution in [3.63, 3.8) is 0 Å². The smallest absolute Gasteiger partial charge is 0.293 e. The minimum Gasteiger partial charge on any atom is -0.447 e. The van der Waals surface area contributed by atoms with Crippen LogP contribution in [0.4, 0.5) is 11.4 Å². The summed E-state index contributed by atoms with van der Waals surface area (Å²) in [6.45, 7) is 2.98. The van der Waals surface area contributed by atoms with Gasteiger partial charge in [0.2, 0.25) is 17.6 Å². The predicted octanol–water partition coefficient (Wildman–Crippen LogP) is 2.30. The van der Waals surface area contributed by atoms with Crippen molar-refractivity contribution in [2.24, 2.45) is 5.92 Å². The molecule has 1 aliphatic carbocycles. The van der Waals surface area contributed by atoms with Gasteiger partial charge in [0.25, 0.3) is 11.8 Å². The van der Waals surface area contributed by atoms with Crippen molar-refractivity contribution in [1.29, 1.82) is 0 Å². The molecule has 5 heterocycles. The van der Waals surface area contributed by atoms with Gasteiger partial charge >= 0.3 is 0 Å². The number of anilines is 2. The second-order valence-electron chi connectivity index (χ2n) is 10.6. The number of pyridine rings is 2. The normalized spacial score (nSPS) is 21.3. The summed E-state index contributed by atoms with van der Waals surface area (Å²) in [6, 6.07) is 6.48. The minimum absolute atomic E-state index is 0.0163. The van der Waals surface area contributed by atoms with Crippen LogP contribution in [0.1, 0.15) is 46.7 Å². The second kappa shape index (κ2) is 12.2. The van der Waals surface area contributed by atoms with Gasteiger partial charge in [-0.25, -0.2) is 4.98 Å². The Kier molecular flexibility index (Phi) is 8.11. The van der Waals surface area contributed by atoms with Gasteiger partial charge in [-0.15, -0.1) is 0 Å². The fourth-order valence-electron chi connectivity index (χ4n) is 5.71. The van der Waals surface area contributed by atoms with Crippen molar-refractivity contribution in [2.45, 2.75) is 31.7 Å². The molecule has 220 valence electrons. The molecule has 0 bridgehead atoms. The molecule has 1 saturated carbocycles. The van der Waals surface area contributed by atoms with Gasteiger partial charge in [0.1, 0.15) is 23.5 Å². The fraction of sp³-hybridized carbons (Fsp3) is 0.448. The third-order valence-corrected chi connectivity index (χ3v) is 7.97. The van der Waals surface area contributed by atoms with Crippen LogP contribution in [0.3, 0.4) is 0 Å². The molecule has 13 nitrogen and oxygen atoms in total. The lowest BCUT2D eigenvalue weighted by Crippen LogP contribution is -2.49. The van der Waals surface area contributed by atoms with Crippen LogP contribution in [-0.2, 0) is 19.1 Å². The van der Waals surface area contributed by atoms with E-state index in [1.807, 2.05) is 4.90 Å². The number of hydrogen-bond acceptors (Lipinski definition) is 9. The molecule has 0 atom stereocenters. The average molecular weight is 577 g/mol. The van der Waals surface area contributed by atoms with Crippen molar-refractivity contribution in [2.75, 3.05) is 56.7 Å².